The molecule has 1 atom stereocenters. The van der Waals surface area contributed by atoms with E-state index in [0.29, 0.717) is 0 Å². The number of hydrogen-bond donors (Lipinski definition) is 2. The van der Waals surface area contributed by atoms with E-state index >= 15 is 0 Å². The topological polar surface area (TPSA) is 53.6 Å². The summed E-state index contributed by atoms with van der Waals surface area (Å²) < 4.78 is 0. The normalized spacial score (nSPS) is 19.3. The summed E-state index contributed by atoms with van der Waals surface area (Å²) >= 11 is 0. The fourth-order valence-electron chi connectivity index (χ4n) is 2.57. The van der Waals surface area contributed by atoms with Crippen molar-refractivity contribution in [1.82, 2.24) is 20.3 Å². The smallest absolute Gasteiger partial charge is 0.107 e. The van der Waals surface area contributed by atoms with Gasteiger partial charge in [-0.05, 0) is 44.5 Å². The van der Waals surface area contributed by atoms with E-state index in [1.165, 1.54) is 6.42 Å². The molecule has 0 aromatic carbocycles. The first-order chi connectivity index (χ1) is 8.83. The molecule has 0 amide bonds. The predicted octanol–water partition coefficient (Wildman–Crippen LogP) is 1.93. The molecule has 94 valence electrons. The number of pyridine rings is 1. The Morgan fingerprint density at radius 2 is 2.39 bits per heavy atom. The van der Waals surface area contributed by atoms with Crippen molar-refractivity contribution in [2.24, 2.45) is 5.92 Å². The highest BCUT2D eigenvalue weighted by Crippen LogP contribution is 2.22. The van der Waals surface area contributed by atoms with Crippen molar-refractivity contribution in [2.45, 2.75) is 19.8 Å². The van der Waals surface area contributed by atoms with Crippen LogP contribution in [0.4, 0.5) is 0 Å². The fourth-order valence-corrected chi connectivity index (χ4v) is 2.57. The van der Waals surface area contributed by atoms with E-state index in [1.54, 1.807) is 6.20 Å². The predicted molar refractivity (Wildman–Crippen MR) is 71.2 cm³/mol. The van der Waals surface area contributed by atoms with Gasteiger partial charge < -0.3 is 10.3 Å². The van der Waals surface area contributed by atoms with Gasteiger partial charge in [0.1, 0.15) is 5.82 Å². The van der Waals surface area contributed by atoms with Crippen molar-refractivity contribution in [2.75, 3.05) is 13.1 Å². The number of aromatic amines is 1. The molecule has 3 heterocycles. The largest absolute Gasteiger partial charge is 0.346 e. The van der Waals surface area contributed by atoms with E-state index in [2.05, 4.69) is 28.3 Å². The van der Waals surface area contributed by atoms with Crippen LogP contribution in [-0.4, -0.2) is 28.0 Å². The maximum absolute atomic E-state index is 4.72. The number of aromatic nitrogens is 3. The van der Waals surface area contributed by atoms with Crippen LogP contribution < -0.4 is 5.32 Å². The lowest BCUT2D eigenvalue weighted by atomic mass is 10.1. The lowest BCUT2D eigenvalue weighted by molar-refractivity contribution is 0.564. The lowest BCUT2D eigenvalue weighted by Crippen LogP contribution is -2.11. The molecule has 0 spiro atoms. The zero-order valence-electron chi connectivity index (χ0n) is 10.6. The number of nitrogens with one attached hydrogen (secondary N) is 2. The quantitative estimate of drug-likeness (QED) is 0.864. The molecule has 4 nitrogen and oxygen atoms in total. The van der Waals surface area contributed by atoms with E-state index in [-0.39, 0.29) is 0 Å². The maximum atomic E-state index is 4.72. The van der Waals surface area contributed by atoms with E-state index in [0.717, 1.165) is 48.2 Å². The summed E-state index contributed by atoms with van der Waals surface area (Å²) in [7, 11) is 0. The van der Waals surface area contributed by atoms with Crippen molar-refractivity contribution < 1.29 is 0 Å². The third-order valence-electron chi connectivity index (χ3n) is 3.51. The zero-order chi connectivity index (χ0) is 12.4. The minimum absolute atomic E-state index is 0.720. The molecule has 1 unspecified atom stereocenters. The second-order valence-electron chi connectivity index (χ2n) is 4.96. The summed E-state index contributed by atoms with van der Waals surface area (Å²) in [5.41, 5.74) is 3.25. The highest BCUT2D eigenvalue weighted by Gasteiger charge is 2.17. The lowest BCUT2D eigenvalue weighted by Gasteiger charge is -2.04. The number of aryl methyl sites for hydroxylation is 1. The molecule has 2 N–H and O–H groups in total. The highest BCUT2D eigenvalue weighted by molar-refractivity contribution is 5.60. The Bertz CT molecular complexity index is 512. The number of rotatable bonds is 3. The van der Waals surface area contributed by atoms with Gasteiger partial charge in [-0.15, -0.1) is 0 Å². The third kappa shape index (κ3) is 2.29. The average Bonchev–Trinajstić information content (AvgIpc) is 3.01. The Labute approximate surface area is 107 Å². The Morgan fingerprint density at radius 3 is 3.11 bits per heavy atom. The summed E-state index contributed by atoms with van der Waals surface area (Å²) in [6, 6.07) is 4.00. The van der Waals surface area contributed by atoms with E-state index in [4.69, 9.17) is 4.98 Å². The SMILES string of the molecule is Cc1[nH]c(CC2CCNC2)nc1-c1cccnc1. The molecule has 1 aliphatic rings. The van der Waals surface area contributed by atoms with Crippen molar-refractivity contribution >= 4 is 0 Å². The average molecular weight is 242 g/mol. The summed E-state index contributed by atoms with van der Waals surface area (Å²) in [6.45, 7) is 4.33. The number of imidazole rings is 1. The first-order valence-electron chi connectivity index (χ1n) is 6.49. The van der Waals surface area contributed by atoms with E-state index < -0.39 is 0 Å². The Balaban J connectivity index is 1.82. The van der Waals surface area contributed by atoms with Crippen LogP contribution in [-0.2, 0) is 6.42 Å². The van der Waals surface area contributed by atoms with Crippen molar-refractivity contribution in [3.8, 4) is 11.3 Å². The second kappa shape index (κ2) is 4.90. The van der Waals surface area contributed by atoms with Crippen LogP contribution in [0.5, 0.6) is 0 Å². The molecule has 4 heteroatoms. The Morgan fingerprint density at radius 1 is 1.44 bits per heavy atom. The molecule has 2 aromatic heterocycles. The molecule has 0 saturated carbocycles. The van der Waals surface area contributed by atoms with Gasteiger partial charge in [-0.25, -0.2) is 4.98 Å². The summed E-state index contributed by atoms with van der Waals surface area (Å²) in [5.74, 6) is 1.82. The van der Waals surface area contributed by atoms with Gasteiger partial charge >= 0.3 is 0 Å². The van der Waals surface area contributed by atoms with Gasteiger partial charge in [-0.3, -0.25) is 4.98 Å². The van der Waals surface area contributed by atoms with Gasteiger partial charge in [-0.1, -0.05) is 0 Å². The van der Waals surface area contributed by atoms with E-state index in [1.807, 2.05) is 12.3 Å². The minimum Gasteiger partial charge on any atom is -0.346 e. The summed E-state index contributed by atoms with van der Waals surface area (Å²) in [4.78, 5) is 12.3. The Kier molecular flexibility index (Phi) is 3.11. The summed E-state index contributed by atoms with van der Waals surface area (Å²) in [6.07, 6.45) is 5.94. The summed E-state index contributed by atoms with van der Waals surface area (Å²) in [5, 5.41) is 3.39. The van der Waals surface area contributed by atoms with Crippen LogP contribution in [0.25, 0.3) is 11.3 Å². The molecule has 1 aliphatic heterocycles. The van der Waals surface area contributed by atoms with Crippen LogP contribution in [0.1, 0.15) is 17.9 Å². The zero-order valence-corrected chi connectivity index (χ0v) is 10.6. The number of hydrogen-bond acceptors (Lipinski definition) is 3. The van der Waals surface area contributed by atoms with Crippen molar-refractivity contribution in [3.05, 3.63) is 36.0 Å². The molecule has 2 aromatic rings. The van der Waals surface area contributed by atoms with Gasteiger partial charge in [0.05, 0.1) is 5.69 Å². The first kappa shape index (κ1) is 11.4. The van der Waals surface area contributed by atoms with Crippen molar-refractivity contribution in [1.29, 1.82) is 0 Å². The van der Waals surface area contributed by atoms with Gasteiger partial charge in [0.15, 0.2) is 0 Å². The van der Waals surface area contributed by atoms with Crippen LogP contribution in [0.2, 0.25) is 0 Å². The second-order valence-corrected chi connectivity index (χ2v) is 4.96. The van der Waals surface area contributed by atoms with Gasteiger partial charge in [-0.2, -0.15) is 0 Å². The third-order valence-corrected chi connectivity index (χ3v) is 3.51. The molecule has 0 radical (unpaired) electrons. The van der Waals surface area contributed by atoms with Crippen LogP contribution >= 0.6 is 0 Å². The first-order valence-corrected chi connectivity index (χ1v) is 6.49. The standard InChI is InChI=1S/C14H18N4/c1-10-14(12-3-2-5-15-9-12)18-13(17-10)7-11-4-6-16-8-11/h2-3,5,9,11,16H,4,6-8H2,1H3,(H,17,18). The molecule has 0 aliphatic carbocycles. The van der Waals surface area contributed by atoms with Gasteiger partial charge in [0.25, 0.3) is 0 Å². The fraction of sp³-hybridized carbons (Fsp3) is 0.429. The minimum atomic E-state index is 0.720. The number of nitrogens with zero attached hydrogens (tertiary/aromatic N) is 2. The molecule has 18 heavy (non-hydrogen) atoms. The highest BCUT2D eigenvalue weighted by atomic mass is 14.9. The molecular weight excluding hydrogens is 224 g/mol. The molecule has 0 bridgehead atoms. The van der Waals surface area contributed by atoms with Crippen LogP contribution in [0, 0.1) is 12.8 Å². The van der Waals surface area contributed by atoms with Crippen LogP contribution in [0.3, 0.4) is 0 Å². The molecule has 1 saturated heterocycles. The van der Waals surface area contributed by atoms with Gasteiger partial charge in [0.2, 0.25) is 0 Å². The Hall–Kier alpha value is -1.68. The molecule has 1 fully saturated rings. The van der Waals surface area contributed by atoms with Crippen molar-refractivity contribution in [3.63, 3.8) is 0 Å². The molecule has 3 rings (SSSR count). The maximum Gasteiger partial charge on any atom is 0.107 e. The monoisotopic (exact) mass is 242 g/mol. The van der Waals surface area contributed by atoms with Crippen LogP contribution in [0.15, 0.2) is 24.5 Å². The van der Waals surface area contributed by atoms with E-state index in [9.17, 15) is 0 Å². The number of H-pyrrole nitrogens is 1. The molecular formula is C14H18N4. The van der Waals surface area contributed by atoms with Gasteiger partial charge in [0, 0.05) is 30.1 Å².